The summed E-state index contributed by atoms with van der Waals surface area (Å²) in [6.45, 7) is 9.55. The van der Waals surface area contributed by atoms with Gasteiger partial charge in [0.25, 0.3) is 0 Å². The molecule has 0 bridgehead atoms. The minimum absolute atomic E-state index is 0.106. The number of hydrogen-bond acceptors (Lipinski definition) is 15. The minimum atomic E-state index is -4.96. The number of esters is 4. The van der Waals surface area contributed by atoms with Crippen molar-refractivity contribution in [1.82, 2.24) is 0 Å². The Morgan fingerprint density at radius 3 is 0.687 bits per heavy atom. The van der Waals surface area contributed by atoms with Crippen molar-refractivity contribution in [2.45, 2.75) is 439 Å². The fourth-order valence-corrected chi connectivity index (χ4v) is 13.9. The number of carbonyl (C=O) groups excluding carboxylic acids is 4. The molecule has 0 rings (SSSR count). The van der Waals surface area contributed by atoms with Crippen LogP contribution in [0.3, 0.4) is 0 Å². The first-order valence-electron chi connectivity index (χ1n) is 41.5. The van der Waals surface area contributed by atoms with E-state index in [1.807, 2.05) is 0 Å². The molecule has 0 aliphatic rings. The SMILES string of the molecule is CCCCCCCCCCCCCCCCCCCCCCCCC(=O)O[C@H](COC(=O)CCCCCCCCCCCCCCCCC(C)C)COP(=O)(O)OC[C@@H](O)COP(=O)(O)OC[C@@H](COC(=O)CCCCCCCCC(C)C)OC(=O)CCCCCCCCCCCCC. The van der Waals surface area contributed by atoms with Crippen LogP contribution < -0.4 is 0 Å². The zero-order valence-electron chi connectivity index (χ0n) is 64.8. The van der Waals surface area contributed by atoms with Crippen LogP contribution >= 0.6 is 15.6 Å². The van der Waals surface area contributed by atoms with Crippen molar-refractivity contribution in [3.8, 4) is 0 Å². The maximum absolute atomic E-state index is 13.1. The van der Waals surface area contributed by atoms with Gasteiger partial charge in [-0.05, 0) is 37.5 Å². The van der Waals surface area contributed by atoms with Crippen LogP contribution in [0.2, 0.25) is 0 Å². The molecule has 17 nitrogen and oxygen atoms in total. The molecule has 0 aromatic carbocycles. The summed E-state index contributed by atoms with van der Waals surface area (Å²) in [5.41, 5.74) is 0. The quantitative estimate of drug-likeness (QED) is 0.0222. The highest BCUT2D eigenvalue weighted by Crippen LogP contribution is 2.45. The summed E-state index contributed by atoms with van der Waals surface area (Å²) < 4.78 is 68.6. The van der Waals surface area contributed by atoms with Gasteiger partial charge in [0.2, 0.25) is 0 Å². The largest absolute Gasteiger partial charge is 0.472 e. The summed E-state index contributed by atoms with van der Waals surface area (Å²) in [6, 6.07) is 0. The first kappa shape index (κ1) is 97.1. The van der Waals surface area contributed by atoms with Crippen LogP contribution in [0.25, 0.3) is 0 Å². The van der Waals surface area contributed by atoms with E-state index >= 15 is 0 Å². The molecule has 588 valence electrons. The molecular formula is C80H156O17P2. The van der Waals surface area contributed by atoms with Crippen molar-refractivity contribution >= 4 is 39.5 Å². The molecule has 0 aliphatic heterocycles. The summed E-state index contributed by atoms with van der Waals surface area (Å²) in [4.78, 5) is 72.9. The van der Waals surface area contributed by atoms with E-state index in [1.165, 1.54) is 231 Å². The van der Waals surface area contributed by atoms with E-state index in [0.717, 1.165) is 102 Å². The molecule has 2 unspecified atom stereocenters. The second-order valence-electron chi connectivity index (χ2n) is 29.8. The maximum Gasteiger partial charge on any atom is 0.472 e. The number of aliphatic hydroxyl groups excluding tert-OH is 1. The Morgan fingerprint density at radius 2 is 0.465 bits per heavy atom. The van der Waals surface area contributed by atoms with Crippen LogP contribution in [0.4, 0.5) is 0 Å². The maximum atomic E-state index is 13.1. The molecule has 0 amide bonds. The lowest BCUT2D eigenvalue weighted by Gasteiger charge is -2.21. The van der Waals surface area contributed by atoms with Gasteiger partial charge in [-0.15, -0.1) is 0 Å². The van der Waals surface area contributed by atoms with Crippen LogP contribution in [-0.2, 0) is 65.4 Å². The first-order chi connectivity index (χ1) is 47.9. The van der Waals surface area contributed by atoms with E-state index in [9.17, 15) is 43.2 Å². The third kappa shape index (κ3) is 74.1. The molecular weight excluding hydrogens is 1290 g/mol. The number of unbranched alkanes of at least 4 members (excludes halogenated alkanes) is 49. The van der Waals surface area contributed by atoms with E-state index in [-0.39, 0.29) is 25.7 Å². The van der Waals surface area contributed by atoms with Gasteiger partial charge in [0.05, 0.1) is 26.4 Å². The van der Waals surface area contributed by atoms with Gasteiger partial charge in [-0.1, -0.05) is 369 Å². The molecule has 99 heavy (non-hydrogen) atoms. The molecule has 0 aromatic heterocycles. The van der Waals surface area contributed by atoms with Crippen molar-refractivity contribution < 1.29 is 80.2 Å². The highest BCUT2D eigenvalue weighted by molar-refractivity contribution is 7.47. The Bertz CT molecular complexity index is 1910. The Balaban J connectivity index is 5.18. The zero-order valence-corrected chi connectivity index (χ0v) is 66.6. The Hall–Kier alpha value is -1.94. The molecule has 0 aliphatic carbocycles. The second kappa shape index (κ2) is 71.7. The number of phosphoric acid groups is 2. The minimum Gasteiger partial charge on any atom is -0.462 e. The van der Waals surface area contributed by atoms with Crippen LogP contribution in [0.5, 0.6) is 0 Å². The summed E-state index contributed by atoms with van der Waals surface area (Å²) in [5, 5.41) is 10.6. The van der Waals surface area contributed by atoms with Crippen molar-refractivity contribution in [2.75, 3.05) is 39.6 Å². The second-order valence-corrected chi connectivity index (χ2v) is 32.7. The van der Waals surface area contributed by atoms with Gasteiger partial charge in [-0.2, -0.15) is 0 Å². The van der Waals surface area contributed by atoms with Gasteiger partial charge in [0, 0.05) is 25.7 Å². The highest BCUT2D eigenvalue weighted by atomic mass is 31.2. The summed E-state index contributed by atoms with van der Waals surface area (Å²) >= 11 is 0. The lowest BCUT2D eigenvalue weighted by Crippen LogP contribution is -2.30. The monoisotopic (exact) mass is 1450 g/mol. The van der Waals surface area contributed by atoms with Gasteiger partial charge in [0.15, 0.2) is 12.2 Å². The van der Waals surface area contributed by atoms with E-state index in [1.54, 1.807) is 0 Å². The zero-order chi connectivity index (χ0) is 72.8. The molecule has 3 N–H and O–H groups in total. The van der Waals surface area contributed by atoms with Crippen LogP contribution in [0.1, 0.15) is 420 Å². The van der Waals surface area contributed by atoms with E-state index in [4.69, 9.17) is 37.0 Å². The number of phosphoric ester groups is 2. The molecule has 0 radical (unpaired) electrons. The number of carbonyl (C=O) groups is 4. The molecule has 0 heterocycles. The third-order valence-corrected chi connectivity index (χ3v) is 20.6. The number of ether oxygens (including phenoxy) is 4. The van der Waals surface area contributed by atoms with E-state index in [0.29, 0.717) is 31.6 Å². The molecule has 5 atom stereocenters. The number of hydrogen-bond donors (Lipinski definition) is 3. The molecule has 0 saturated carbocycles. The van der Waals surface area contributed by atoms with Crippen LogP contribution in [-0.4, -0.2) is 96.7 Å². The van der Waals surface area contributed by atoms with Crippen molar-refractivity contribution in [1.29, 1.82) is 0 Å². The topological polar surface area (TPSA) is 237 Å². The summed E-state index contributed by atoms with van der Waals surface area (Å²) in [5.74, 6) is -0.635. The lowest BCUT2D eigenvalue weighted by molar-refractivity contribution is -0.161. The Morgan fingerprint density at radius 1 is 0.273 bits per heavy atom. The third-order valence-electron chi connectivity index (χ3n) is 18.7. The Kier molecular flexibility index (Phi) is 70.3. The molecule has 0 fully saturated rings. The fraction of sp³-hybridized carbons (Fsp3) is 0.950. The standard InChI is InChI=1S/C80H156O17P2/c1-7-9-11-13-15-17-19-20-21-22-23-24-25-26-27-28-33-37-41-45-53-59-65-80(85)96-75(68-90-77(82)62-56-50-43-39-36-32-30-29-31-35-38-42-48-54-60-72(3)4)70-94-98(86,87)92-66-74(81)67-93-99(88,89)95-71-76(69-91-78(83)63-57-51-47-46-49-55-61-73(5)6)97-79(84)64-58-52-44-40-34-18-16-14-12-10-8-2/h72-76,81H,7-71H2,1-6H3,(H,86,87)(H,88,89)/t74-,75-,76-/m1/s1. The normalized spacial score (nSPS) is 13.9. The summed E-state index contributed by atoms with van der Waals surface area (Å²) in [7, 11) is -9.91. The van der Waals surface area contributed by atoms with E-state index in [2.05, 4.69) is 41.5 Å². The van der Waals surface area contributed by atoms with Gasteiger partial charge in [0.1, 0.15) is 19.3 Å². The lowest BCUT2D eigenvalue weighted by atomic mass is 10.0. The highest BCUT2D eigenvalue weighted by Gasteiger charge is 2.30. The van der Waals surface area contributed by atoms with E-state index < -0.39 is 97.5 Å². The predicted octanol–water partition coefficient (Wildman–Crippen LogP) is 23.9. The fourth-order valence-electron chi connectivity index (χ4n) is 12.4. The molecule has 0 spiro atoms. The average Bonchev–Trinajstić information content (AvgIpc) is 0.995. The van der Waals surface area contributed by atoms with Gasteiger partial charge < -0.3 is 33.8 Å². The van der Waals surface area contributed by atoms with Gasteiger partial charge >= 0.3 is 39.5 Å². The van der Waals surface area contributed by atoms with Crippen LogP contribution in [0.15, 0.2) is 0 Å². The van der Waals surface area contributed by atoms with Crippen molar-refractivity contribution in [3.63, 3.8) is 0 Å². The van der Waals surface area contributed by atoms with Gasteiger partial charge in [-0.3, -0.25) is 37.3 Å². The Labute approximate surface area is 607 Å². The van der Waals surface area contributed by atoms with Crippen LogP contribution in [0, 0.1) is 11.8 Å². The predicted molar refractivity (Wildman–Crippen MR) is 405 cm³/mol. The number of rotatable bonds is 79. The molecule has 0 saturated heterocycles. The first-order valence-corrected chi connectivity index (χ1v) is 44.5. The molecule has 0 aromatic rings. The van der Waals surface area contributed by atoms with Gasteiger partial charge in [-0.25, -0.2) is 9.13 Å². The number of aliphatic hydroxyl groups is 1. The smallest absolute Gasteiger partial charge is 0.462 e. The average molecular weight is 1450 g/mol. The molecule has 19 heteroatoms. The summed E-state index contributed by atoms with van der Waals surface area (Å²) in [6.07, 6.45) is 61.4. The van der Waals surface area contributed by atoms with Crippen molar-refractivity contribution in [3.05, 3.63) is 0 Å². The van der Waals surface area contributed by atoms with Crippen molar-refractivity contribution in [2.24, 2.45) is 11.8 Å².